The average Bonchev–Trinajstić information content (AvgIpc) is 3.56. The topological polar surface area (TPSA) is 93.3 Å². The first kappa shape index (κ1) is 30.3. The van der Waals surface area contributed by atoms with E-state index in [1.54, 1.807) is 11.0 Å². The van der Waals surface area contributed by atoms with Gasteiger partial charge >= 0.3 is 6.18 Å². The van der Waals surface area contributed by atoms with Crippen molar-refractivity contribution in [2.75, 3.05) is 51.6 Å². The standard InChI is InChI=1S/C31H35F3N8OS/c1-20-21(3-4-27-25(20)13-23(16-35)42(27)12-11-41-10-9-39(2)28(43)18-41)17-40-7-5-22(6-8-40)38-29-26-14-24(15-31(32,33)34)44-30(26)37-19-36-29/h3-4,13-14,19,22H,5-12,15,17-18H2,1-2H3,(H,36,37,38). The lowest BCUT2D eigenvalue weighted by molar-refractivity contribution is -0.134. The first-order valence-corrected chi connectivity index (χ1v) is 15.7. The van der Waals surface area contributed by atoms with Crippen LogP contribution in [0.2, 0.25) is 0 Å². The van der Waals surface area contributed by atoms with Crippen molar-refractivity contribution in [2.45, 2.75) is 51.5 Å². The van der Waals surface area contributed by atoms with Gasteiger partial charge in [0.1, 0.15) is 28.7 Å². The molecule has 2 saturated heterocycles. The Labute approximate surface area is 257 Å². The summed E-state index contributed by atoms with van der Waals surface area (Å²) >= 11 is 1.06. The quantitative estimate of drug-likeness (QED) is 0.302. The summed E-state index contributed by atoms with van der Waals surface area (Å²) in [7, 11) is 1.83. The number of nitriles is 1. The number of hydrogen-bond donors (Lipinski definition) is 1. The Morgan fingerprint density at radius 1 is 1.07 bits per heavy atom. The van der Waals surface area contributed by atoms with Crippen molar-refractivity contribution in [1.82, 2.24) is 29.2 Å². The third-order valence-electron chi connectivity index (χ3n) is 8.83. The molecule has 6 rings (SSSR count). The first-order valence-electron chi connectivity index (χ1n) is 14.8. The summed E-state index contributed by atoms with van der Waals surface area (Å²) in [4.78, 5) is 27.8. The molecule has 0 radical (unpaired) electrons. The van der Waals surface area contributed by atoms with E-state index in [0.717, 1.165) is 67.8 Å². The molecule has 1 amide bonds. The van der Waals surface area contributed by atoms with E-state index in [0.29, 0.717) is 41.4 Å². The molecule has 2 aliphatic heterocycles. The summed E-state index contributed by atoms with van der Waals surface area (Å²) in [5.41, 5.74) is 4.06. The number of nitrogens with one attached hydrogen (secondary N) is 1. The molecule has 0 bridgehead atoms. The lowest BCUT2D eigenvalue weighted by atomic mass is 10.0. The second kappa shape index (κ2) is 12.3. The van der Waals surface area contributed by atoms with Crippen molar-refractivity contribution in [1.29, 1.82) is 5.26 Å². The molecule has 13 heteroatoms. The van der Waals surface area contributed by atoms with Gasteiger partial charge in [-0.05, 0) is 49.1 Å². The molecule has 1 aromatic carbocycles. The molecule has 0 aliphatic carbocycles. The maximum absolute atomic E-state index is 12.9. The van der Waals surface area contributed by atoms with Crippen LogP contribution in [0.25, 0.3) is 21.1 Å². The molecule has 2 aliphatic rings. The summed E-state index contributed by atoms with van der Waals surface area (Å²) < 4.78 is 40.8. The largest absolute Gasteiger partial charge is 0.393 e. The van der Waals surface area contributed by atoms with Crippen LogP contribution in [0.15, 0.2) is 30.6 Å². The monoisotopic (exact) mass is 624 g/mol. The number of rotatable bonds is 8. The molecular weight excluding hydrogens is 589 g/mol. The Hall–Kier alpha value is -3.73. The predicted octanol–water partition coefficient (Wildman–Crippen LogP) is 4.78. The van der Waals surface area contributed by atoms with Gasteiger partial charge in [-0.2, -0.15) is 18.4 Å². The Morgan fingerprint density at radius 2 is 1.86 bits per heavy atom. The highest BCUT2D eigenvalue weighted by Gasteiger charge is 2.29. The van der Waals surface area contributed by atoms with E-state index >= 15 is 0 Å². The van der Waals surface area contributed by atoms with Gasteiger partial charge in [0.15, 0.2) is 0 Å². The van der Waals surface area contributed by atoms with Gasteiger partial charge in [0, 0.05) is 74.7 Å². The number of likely N-dealkylation sites (N-methyl/N-ethyl adjacent to an activating group) is 1. The zero-order valence-electron chi connectivity index (χ0n) is 24.8. The average molecular weight is 625 g/mol. The van der Waals surface area contributed by atoms with Crippen LogP contribution in [0.4, 0.5) is 19.0 Å². The molecule has 0 unspecified atom stereocenters. The predicted molar refractivity (Wildman–Crippen MR) is 165 cm³/mol. The number of fused-ring (bicyclic) bond motifs is 2. The van der Waals surface area contributed by atoms with Crippen molar-refractivity contribution >= 4 is 44.2 Å². The maximum atomic E-state index is 12.9. The molecule has 5 heterocycles. The SMILES string of the molecule is Cc1c(CN2CCC(Nc3ncnc4sc(CC(F)(F)F)cc34)CC2)ccc2c1cc(C#N)n2CCN1CCN(C)C(=O)C1. The van der Waals surface area contributed by atoms with Crippen molar-refractivity contribution in [3.63, 3.8) is 0 Å². The molecule has 1 N–H and O–H groups in total. The summed E-state index contributed by atoms with van der Waals surface area (Å²) in [5.74, 6) is 0.720. The third-order valence-corrected chi connectivity index (χ3v) is 9.88. The number of piperazine rings is 1. The number of amides is 1. The number of likely N-dealkylation sites (tertiary alicyclic amines) is 1. The van der Waals surface area contributed by atoms with Gasteiger partial charge in [-0.3, -0.25) is 14.6 Å². The van der Waals surface area contributed by atoms with E-state index in [9.17, 15) is 23.2 Å². The highest BCUT2D eigenvalue weighted by atomic mass is 32.1. The van der Waals surface area contributed by atoms with Gasteiger partial charge in [-0.1, -0.05) is 6.07 Å². The maximum Gasteiger partial charge on any atom is 0.393 e. The van der Waals surface area contributed by atoms with Crippen LogP contribution in [-0.2, 0) is 24.3 Å². The molecule has 9 nitrogen and oxygen atoms in total. The van der Waals surface area contributed by atoms with Gasteiger partial charge in [-0.25, -0.2) is 9.97 Å². The minimum atomic E-state index is -4.26. The number of nitrogens with zero attached hydrogens (tertiary/aromatic N) is 7. The third kappa shape index (κ3) is 6.52. The molecule has 0 saturated carbocycles. The van der Waals surface area contributed by atoms with Crippen LogP contribution in [0.1, 0.15) is 34.5 Å². The van der Waals surface area contributed by atoms with Crippen LogP contribution in [0.3, 0.4) is 0 Å². The highest BCUT2D eigenvalue weighted by molar-refractivity contribution is 7.18. The fourth-order valence-corrected chi connectivity index (χ4v) is 7.27. The molecule has 3 aromatic heterocycles. The number of halogens is 3. The van der Waals surface area contributed by atoms with E-state index in [4.69, 9.17) is 0 Å². The van der Waals surface area contributed by atoms with Crippen LogP contribution in [0, 0.1) is 18.3 Å². The summed E-state index contributed by atoms with van der Waals surface area (Å²) in [6.45, 7) is 7.99. The number of aromatic nitrogens is 3. The number of hydrogen-bond acceptors (Lipinski definition) is 8. The molecule has 2 fully saturated rings. The smallest absolute Gasteiger partial charge is 0.367 e. The Bertz CT molecular complexity index is 1720. The Kier molecular flexibility index (Phi) is 8.50. The second-order valence-corrected chi connectivity index (χ2v) is 12.9. The minimum absolute atomic E-state index is 0.127. The minimum Gasteiger partial charge on any atom is -0.367 e. The highest BCUT2D eigenvalue weighted by Crippen LogP contribution is 2.33. The van der Waals surface area contributed by atoms with Crippen LogP contribution >= 0.6 is 11.3 Å². The zero-order chi connectivity index (χ0) is 31.0. The van der Waals surface area contributed by atoms with E-state index < -0.39 is 12.6 Å². The van der Waals surface area contributed by atoms with Gasteiger partial charge in [0.05, 0.1) is 18.4 Å². The van der Waals surface area contributed by atoms with Gasteiger partial charge in [-0.15, -0.1) is 11.3 Å². The summed E-state index contributed by atoms with van der Waals surface area (Å²) in [6, 6.07) is 10.3. The van der Waals surface area contributed by atoms with E-state index in [2.05, 4.69) is 54.8 Å². The summed E-state index contributed by atoms with van der Waals surface area (Å²) in [6.07, 6.45) is -2.04. The number of thiophene rings is 1. The van der Waals surface area contributed by atoms with E-state index in [1.165, 1.54) is 17.5 Å². The molecule has 0 atom stereocenters. The normalized spacial score (nSPS) is 17.5. The van der Waals surface area contributed by atoms with Crippen molar-refractivity contribution in [2.24, 2.45) is 0 Å². The van der Waals surface area contributed by atoms with Crippen LogP contribution in [0.5, 0.6) is 0 Å². The molecular formula is C31H35F3N8OS. The Balaban J connectivity index is 1.08. The number of anilines is 1. The van der Waals surface area contributed by atoms with Crippen LogP contribution in [-0.4, -0.2) is 93.7 Å². The van der Waals surface area contributed by atoms with Gasteiger partial charge < -0.3 is 14.8 Å². The van der Waals surface area contributed by atoms with Gasteiger partial charge in [0.2, 0.25) is 5.91 Å². The fraction of sp³-hybridized carbons (Fsp3) is 0.484. The number of benzene rings is 1. The van der Waals surface area contributed by atoms with E-state index in [-0.39, 0.29) is 16.8 Å². The molecule has 232 valence electrons. The Morgan fingerprint density at radius 3 is 2.59 bits per heavy atom. The van der Waals surface area contributed by atoms with Crippen molar-refractivity contribution < 1.29 is 18.0 Å². The van der Waals surface area contributed by atoms with Crippen molar-refractivity contribution in [3.8, 4) is 6.07 Å². The second-order valence-electron chi connectivity index (χ2n) is 11.8. The number of carbonyl (C=O) groups is 1. The fourth-order valence-electron chi connectivity index (χ4n) is 6.24. The summed E-state index contributed by atoms with van der Waals surface area (Å²) in [5, 5.41) is 15.1. The number of carbonyl (C=O) groups excluding carboxylic acids is 1. The molecule has 4 aromatic rings. The lowest BCUT2D eigenvalue weighted by Crippen LogP contribution is -2.49. The molecule has 0 spiro atoms. The lowest BCUT2D eigenvalue weighted by Gasteiger charge is -2.33. The van der Waals surface area contributed by atoms with Crippen LogP contribution < -0.4 is 5.32 Å². The first-order chi connectivity index (χ1) is 21.1. The van der Waals surface area contributed by atoms with Gasteiger partial charge in [0.25, 0.3) is 0 Å². The molecule has 44 heavy (non-hydrogen) atoms. The zero-order valence-corrected chi connectivity index (χ0v) is 25.6. The van der Waals surface area contributed by atoms with Crippen molar-refractivity contribution in [3.05, 3.63) is 52.3 Å². The number of alkyl halides is 3. The number of piperidine rings is 1. The van der Waals surface area contributed by atoms with E-state index in [1.807, 2.05) is 13.1 Å². The number of aryl methyl sites for hydroxylation is 1.